The van der Waals surface area contributed by atoms with Gasteiger partial charge in [-0.25, -0.2) is 0 Å². The highest BCUT2D eigenvalue weighted by molar-refractivity contribution is 5.83. The zero-order valence-electron chi connectivity index (χ0n) is 16.4. The Morgan fingerprint density at radius 1 is 1.29 bits per heavy atom. The zero-order chi connectivity index (χ0) is 18.0. The molecular formula is C21H36O3. The molecule has 2 fully saturated rings. The largest absolute Gasteiger partial charge is 0.359 e. The normalized spacial score (nSPS) is 33.7. The molecule has 2 saturated carbocycles. The van der Waals surface area contributed by atoms with E-state index >= 15 is 0 Å². The Morgan fingerprint density at radius 3 is 2.67 bits per heavy atom. The van der Waals surface area contributed by atoms with Gasteiger partial charge in [0, 0.05) is 25.4 Å². The van der Waals surface area contributed by atoms with Crippen molar-refractivity contribution in [3.63, 3.8) is 0 Å². The summed E-state index contributed by atoms with van der Waals surface area (Å²) in [5, 5.41) is 0. The highest BCUT2D eigenvalue weighted by Gasteiger charge is 2.51. The number of hydrogen-bond acceptors (Lipinski definition) is 3. The number of carbonyl (C=O) groups is 1. The van der Waals surface area contributed by atoms with E-state index in [0.717, 1.165) is 19.3 Å². The summed E-state index contributed by atoms with van der Waals surface area (Å²) in [4.78, 5) is 12.3. The number of ether oxygens (including phenoxy) is 2. The van der Waals surface area contributed by atoms with Crippen LogP contribution in [0.4, 0.5) is 0 Å². The molecule has 0 saturated heterocycles. The monoisotopic (exact) mass is 336 g/mol. The van der Waals surface area contributed by atoms with Crippen LogP contribution < -0.4 is 0 Å². The molecule has 1 unspecified atom stereocenters. The number of hydrogen-bond donors (Lipinski definition) is 0. The summed E-state index contributed by atoms with van der Waals surface area (Å²) < 4.78 is 10.8. The van der Waals surface area contributed by atoms with Crippen LogP contribution in [0.15, 0.2) is 12.2 Å². The van der Waals surface area contributed by atoms with E-state index in [-0.39, 0.29) is 11.0 Å². The Balaban J connectivity index is 2.01. The van der Waals surface area contributed by atoms with Crippen molar-refractivity contribution < 1.29 is 14.3 Å². The summed E-state index contributed by atoms with van der Waals surface area (Å²) in [5.74, 6) is 2.27. The third-order valence-electron chi connectivity index (χ3n) is 6.92. The van der Waals surface area contributed by atoms with Gasteiger partial charge < -0.3 is 9.47 Å². The minimum Gasteiger partial charge on any atom is -0.359 e. The number of carbonyl (C=O) groups excluding carboxylic acids is 1. The number of fused-ring (bicyclic) bond motifs is 1. The van der Waals surface area contributed by atoms with Gasteiger partial charge in [0.05, 0.1) is 5.60 Å². The van der Waals surface area contributed by atoms with Crippen molar-refractivity contribution in [1.82, 2.24) is 0 Å². The smallest absolute Gasteiger partial charge is 0.147 e. The van der Waals surface area contributed by atoms with Crippen molar-refractivity contribution in [1.29, 1.82) is 0 Å². The van der Waals surface area contributed by atoms with Gasteiger partial charge in [-0.3, -0.25) is 4.79 Å². The van der Waals surface area contributed by atoms with E-state index in [1.807, 2.05) is 0 Å². The van der Waals surface area contributed by atoms with E-state index in [2.05, 4.69) is 46.8 Å². The van der Waals surface area contributed by atoms with Crippen molar-refractivity contribution in [2.45, 2.75) is 72.3 Å². The van der Waals surface area contributed by atoms with Crippen LogP contribution in [0.1, 0.15) is 66.7 Å². The van der Waals surface area contributed by atoms with Gasteiger partial charge in [0.1, 0.15) is 12.6 Å². The molecule has 0 bridgehead atoms. The Bertz CT molecular complexity index is 468. The molecule has 5 atom stereocenters. The number of Topliss-reactive ketones (excluding diaryl/α,β-unsaturated/α-hetero) is 1. The maximum Gasteiger partial charge on any atom is 0.147 e. The second-order valence-corrected chi connectivity index (χ2v) is 8.75. The topological polar surface area (TPSA) is 35.5 Å². The second-order valence-electron chi connectivity index (χ2n) is 8.75. The molecule has 0 amide bonds. The molecule has 0 N–H and O–H groups in total. The highest BCUT2D eigenvalue weighted by Crippen LogP contribution is 2.56. The lowest BCUT2D eigenvalue weighted by atomic mass is 9.62. The fraction of sp³-hybridized carbons (Fsp3) is 0.857. The van der Waals surface area contributed by atoms with Gasteiger partial charge in [-0.2, -0.15) is 0 Å². The Hall–Kier alpha value is -0.670. The minimum absolute atomic E-state index is 0.213. The molecule has 2 aliphatic rings. The van der Waals surface area contributed by atoms with Crippen LogP contribution in [0.3, 0.4) is 0 Å². The SMILES string of the molecule is COCOC(C)(C)[C@@H](C)C=C[C@@H](C)[C@H]1CCC2C(=O)CCC[C@@]21C. The first-order valence-electron chi connectivity index (χ1n) is 9.56. The quantitative estimate of drug-likeness (QED) is 0.485. The van der Waals surface area contributed by atoms with Gasteiger partial charge in [0.25, 0.3) is 0 Å². The van der Waals surface area contributed by atoms with Crippen LogP contribution in [-0.4, -0.2) is 25.3 Å². The average Bonchev–Trinajstić information content (AvgIpc) is 2.88. The summed E-state index contributed by atoms with van der Waals surface area (Å²) in [6, 6.07) is 0. The van der Waals surface area contributed by atoms with Crippen LogP contribution in [0, 0.1) is 29.1 Å². The molecular weight excluding hydrogens is 300 g/mol. The Kier molecular flexibility index (Phi) is 6.30. The van der Waals surface area contributed by atoms with Gasteiger partial charge in [0.15, 0.2) is 0 Å². The molecule has 0 aromatic heterocycles. The molecule has 0 heterocycles. The average molecular weight is 337 g/mol. The third kappa shape index (κ3) is 3.94. The van der Waals surface area contributed by atoms with Crippen LogP contribution >= 0.6 is 0 Å². The van der Waals surface area contributed by atoms with E-state index in [9.17, 15) is 4.79 Å². The number of allylic oxidation sites excluding steroid dienone is 1. The Labute approximate surface area is 148 Å². The second kappa shape index (κ2) is 7.70. The first kappa shape index (κ1) is 19.7. The number of rotatable bonds is 7. The van der Waals surface area contributed by atoms with Crippen LogP contribution in [0.2, 0.25) is 0 Å². The molecule has 0 aliphatic heterocycles. The predicted molar refractivity (Wildman–Crippen MR) is 97.7 cm³/mol. The number of methoxy groups -OCH3 is 1. The maximum atomic E-state index is 12.3. The van der Waals surface area contributed by atoms with E-state index in [1.54, 1.807) is 7.11 Å². The van der Waals surface area contributed by atoms with Crippen LogP contribution in [0.25, 0.3) is 0 Å². The summed E-state index contributed by atoms with van der Waals surface area (Å²) >= 11 is 0. The number of ketones is 1. The standard InChI is InChI=1S/C21H36O3/c1-15(9-10-16(2)20(3,4)24-14-23-6)17-11-12-18-19(22)8-7-13-21(17,18)5/h9-10,15-18H,7-8,11-14H2,1-6H3/t15-,16+,17-,18?,21-/m1/s1. The van der Waals surface area contributed by atoms with E-state index < -0.39 is 0 Å². The van der Waals surface area contributed by atoms with E-state index in [0.29, 0.717) is 36.2 Å². The molecule has 2 rings (SSSR count). The summed E-state index contributed by atoms with van der Waals surface area (Å²) in [7, 11) is 1.65. The lowest BCUT2D eigenvalue weighted by molar-refractivity contribution is -0.129. The fourth-order valence-electron chi connectivity index (χ4n) is 4.88. The van der Waals surface area contributed by atoms with Gasteiger partial charge in [0.2, 0.25) is 0 Å². The molecule has 0 radical (unpaired) electrons. The molecule has 2 aliphatic carbocycles. The molecule has 138 valence electrons. The lowest BCUT2D eigenvalue weighted by Gasteiger charge is -2.41. The minimum atomic E-state index is -0.241. The van der Waals surface area contributed by atoms with Gasteiger partial charge in [-0.05, 0) is 56.8 Å². The van der Waals surface area contributed by atoms with Gasteiger partial charge in [-0.1, -0.05) is 32.9 Å². The molecule has 0 spiro atoms. The summed E-state index contributed by atoms with van der Waals surface area (Å²) in [6.45, 7) is 11.4. The highest BCUT2D eigenvalue weighted by atomic mass is 16.7. The Morgan fingerprint density at radius 2 is 2.00 bits per heavy atom. The third-order valence-corrected chi connectivity index (χ3v) is 6.92. The molecule has 24 heavy (non-hydrogen) atoms. The zero-order valence-corrected chi connectivity index (χ0v) is 16.4. The fourth-order valence-corrected chi connectivity index (χ4v) is 4.88. The maximum absolute atomic E-state index is 12.3. The van der Waals surface area contributed by atoms with E-state index in [1.165, 1.54) is 12.8 Å². The molecule has 3 heteroatoms. The first-order valence-corrected chi connectivity index (χ1v) is 9.56. The predicted octanol–water partition coefficient (Wildman–Crippen LogP) is 5.00. The van der Waals surface area contributed by atoms with Crippen molar-refractivity contribution in [2.75, 3.05) is 13.9 Å². The molecule has 0 aromatic rings. The van der Waals surface area contributed by atoms with Crippen LogP contribution in [0.5, 0.6) is 0 Å². The summed E-state index contributed by atoms with van der Waals surface area (Å²) in [6.07, 6.45) is 10.0. The van der Waals surface area contributed by atoms with Crippen molar-refractivity contribution in [2.24, 2.45) is 29.1 Å². The first-order chi connectivity index (χ1) is 11.2. The van der Waals surface area contributed by atoms with Crippen molar-refractivity contribution in [3.8, 4) is 0 Å². The van der Waals surface area contributed by atoms with E-state index in [4.69, 9.17) is 9.47 Å². The van der Waals surface area contributed by atoms with Crippen LogP contribution in [-0.2, 0) is 14.3 Å². The van der Waals surface area contributed by atoms with Gasteiger partial charge in [-0.15, -0.1) is 0 Å². The lowest BCUT2D eigenvalue weighted by Crippen LogP contribution is -2.39. The van der Waals surface area contributed by atoms with Gasteiger partial charge >= 0.3 is 0 Å². The van der Waals surface area contributed by atoms with Crippen molar-refractivity contribution in [3.05, 3.63) is 12.2 Å². The molecule has 3 nitrogen and oxygen atoms in total. The molecule has 0 aromatic carbocycles. The van der Waals surface area contributed by atoms with Crippen molar-refractivity contribution >= 4 is 5.78 Å². The summed E-state index contributed by atoms with van der Waals surface area (Å²) in [5.41, 5.74) is -0.0282.